The zero-order chi connectivity index (χ0) is 26.2. The number of hydrogen-bond acceptors (Lipinski definition) is 14. The van der Waals surface area contributed by atoms with Gasteiger partial charge in [-0.15, -0.1) is 58.1 Å². The predicted molar refractivity (Wildman–Crippen MR) is 155 cm³/mol. The third-order valence-electron chi connectivity index (χ3n) is 6.34. The van der Waals surface area contributed by atoms with Gasteiger partial charge in [0.05, 0.1) is 0 Å². The van der Waals surface area contributed by atoms with Crippen LogP contribution in [-0.4, -0.2) is 90.8 Å². The lowest BCUT2D eigenvalue weighted by Crippen LogP contribution is -2.74. The molecule has 39 heavy (non-hydrogen) atoms. The number of amides is 2. The van der Waals surface area contributed by atoms with Crippen LogP contribution < -0.4 is 16.8 Å². The Bertz CT molecular complexity index is 1220. The minimum absolute atomic E-state index is 0. The zero-order valence-corrected chi connectivity index (χ0v) is 25.0. The second kappa shape index (κ2) is 13.2. The van der Waals surface area contributed by atoms with Crippen LogP contribution >= 0.6 is 71.0 Å². The number of halogens is 2. The fourth-order valence-corrected chi connectivity index (χ4v) is 7.95. The molecule has 2 aromatic heterocycles. The summed E-state index contributed by atoms with van der Waals surface area (Å²) in [5.41, 5.74) is 12.1. The molecule has 0 aromatic carbocycles. The van der Waals surface area contributed by atoms with Gasteiger partial charge in [0.2, 0.25) is 5.91 Å². The normalized spacial score (nSPS) is 24.9. The maximum atomic E-state index is 13.2. The molecule has 0 bridgehead atoms. The summed E-state index contributed by atoms with van der Waals surface area (Å²) in [5.74, 6) is -1.13. The Kier molecular flexibility index (Phi) is 10.7. The minimum Gasteiger partial charge on any atom is -0.481 e. The average molecular weight is 658 g/mol. The standard InChI is InChI=1S/C20H24N8O5S4.2ClH/c21-3-11(9-1-2-9)33-27-12(10-4-34-18(22)24-10)14(29)25-13-15(30)28-5-20(17(31)32,6-35-16(13)28)7-36-19-26-23-8-37-19;;/h4,8-9,11,13,16H,1-3,5-7,21H2,(H2,22,24)(H,25,29)(H,31,32);2*1H/t11?,13?,16-,20?;;/m1../s1. The number of aromatic nitrogens is 3. The molecule has 13 nitrogen and oxygen atoms in total. The average Bonchev–Trinajstić information content (AvgIpc) is 3.41. The summed E-state index contributed by atoms with van der Waals surface area (Å²) in [6.45, 7) is 0.309. The van der Waals surface area contributed by atoms with E-state index in [-0.39, 0.29) is 83.3 Å². The second-order valence-corrected chi connectivity index (χ2v) is 13.0. The van der Waals surface area contributed by atoms with Gasteiger partial charge in [-0.05, 0) is 18.8 Å². The lowest BCUT2D eigenvalue weighted by molar-refractivity contribution is -0.157. The van der Waals surface area contributed by atoms with Gasteiger partial charge >= 0.3 is 5.97 Å². The van der Waals surface area contributed by atoms with E-state index in [9.17, 15) is 19.5 Å². The van der Waals surface area contributed by atoms with Gasteiger partial charge in [0.15, 0.2) is 15.2 Å². The number of β-lactam (4-membered cyclic amide) rings is 1. The quantitative estimate of drug-likeness (QED) is 0.117. The molecule has 3 unspecified atom stereocenters. The van der Waals surface area contributed by atoms with Gasteiger partial charge < -0.3 is 31.6 Å². The minimum atomic E-state index is -1.14. The number of anilines is 1. The highest BCUT2D eigenvalue weighted by molar-refractivity contribution is 8.01. The topological polar surface area (TPSA) is 199 Å². The van der Waals surface area contributed by atoms with Gasteiger partial charge in [0.1, 0.15) is 34.1 Å². The van der Waals surface area contributed by atoms with Crippen LogP contribution in [0.3, 0.4) is 0 Å². The number of rotatable bonds is 11. The van der Waals surface area contributed by atoms with Crippen molar-refractivity contribution < 1.29 is 24.3 Å². The van der Waals surface area contributed by atoms with Crippen molar-refractivity contribution in [2.24, 2.45) is 22.2 Å². The number of carbonyl (C=O) groups excluding carboxylic acids is 2. The van der Waals surface area contributed by atoms with Gasteiger partial charge in [-0.3, -0.25) is 14.4 Å². The Hall–Kier alpha value is -1.89. The first-order valence-corrected chi connectivity index (χ1v) is 15.1. The number of carboxylic acid groups (broad SMARTS) is 1. The van der Waals surface area contributed by atoms with Crippen LogP contribution in [-0.2, 0) is 19.2 Å². The number of thioether (sulfide) groups is 2. The zero-order valence-electron chi connectivity index (χ0n) is 20.1. The van der Waals surface area contributed by atoms with Gasteiger partial charge in [0, 0.05) is 30.0 Å². The molecule has 214 valence electrons. The molecule has 4 heterocycles. The Morgan fingerprint density at radius 3 is 2.72 bits per heavy atom. The molecule has 1 saturated carbocycles. The summed E-state index contributed by atoms with van der Waals surface area (Å²) in [7, 11) is 0. The molecule has 0 radical (unpaired) electrons. The van der Waals surface area contributed by atoms with Crippen molar-refractivity contribution in [3.8, 4) is 0 Å². The first-order valence-electron chi connectivity index (χ1n) is 11.3. The molecule has 1 aliphatic carbocycles. The number of hydrogen-bond donors (Lipinski definition) is 4. The van der Waals surface area contributed by atoms with Crippen LogP contribution in [0.4, 0.5) is 5.13 Å². The van der Waals surface area contributed by atoms with Crippen LogP contribution in [0.2, 0.25) is 0 Å². The summed E-state index contributed by atoms with van der Waals surface area (Å²) >= 11 is 5.12. The van der Waals surface area contributed by atoms with E-state index in [1.807, 2.05) is 0 Å². The number of fused-ring (bicyclic) bond motifs is 1. The Balaban J connectivity index is 0.00000210. The number of carbonyl (C=O) groups is 3. The summed E-state index contributed by atoms with van der Waals surface area (Å²) in [6.07, 6.45) is 1.67. The number of oxime groups is 1. The van der Waals surface area contributed by atoms with E-state index in [1.165, 1.54) is 39.8 Å². The molecule has 2 aliphatic heterocycles. The Labute approximate surface area is 252 Å². The van der Waals surface area contributed by atoms with Gasteiger partial charge in [-0.2, -0.15) is 0 Å². The number of carboxylic acids is 1. The third kappa shape index (κ3) is 6.71. The van der Waals surface area contributed by atoms with Crippen molar-refractivity contribution in [3.05, 3.63) is 16.6 Å². The molecule has 2 aromatic rings. The first-order chi connectivity index (χ1) is 17.8. The van der Waals surface area contributed by atoms with E-state index in [0.717, 1.165) is 24.2 Å². The van der Waals surface area contributed by atoms with Crippen LogP contribution in [0.5, 0.6) is 0 Å². The summed E-state index contributed by atoms with van der Waals surface area (Å²) in [4.78, 5) is 49.7. The molecular weight excluding hydrogens is 631 g/mol. The lowest BCUT2D eigenvalue weighted by Gasteiger charge is -2.53. The van der Waals surface area contributed by atoms with E-state index in [4.69, 9.17) is 16.3 Å². The number of nitrogens with two attached hydrogens (primary N) is 2. The molecular formula is C20H26Cl2N8O5S4. The summed E-state index contributed by atoms with van der Waals surface area (Å²) in [6, 6.07) is -0.824. The second-order valence-electron chi connectivity index (χ2n) is 8.93. The highest BCUT2D eigenvalue weighted by atomic mass is 35.5. The van der Waals surface area contributed by atoms with Crippen LogP contribution in [0.15, 0.2) is 20.4 Å². The molecule has 0 spiro atoms. The third-order valence-corrected chi connectivity index (χ3v) is 10.7. The van der Waals surface area contributed by atoms with E-state index in [0.29, 0.717) is 10.3 Å². The highest BCUT2D eigenvalue weighted by Gasteiger charge is 2.57. The van der Waals surface area contributed by atoms with Gasteiger partial charge in [-0.1, -0.05) is 28.3 Å². The summed E-state index contributed by atoms with van der Waals surface area (Å²) in [5, 5.41) is 26.0. The fourth-order valence-electron chi connectivity index (χ4n) is 4.05. The lowest BCUT2D eigenvalue weighted by atomic mass is 9.89. The molecule has 2 amide bonds. The van der Waals surface area contributed by atoms with Crippen molar-refractivity contribution >= 4 is 99.6 Å². The van der Waals surface area contributed by atoms with Crippen molar-refractivity contribution in [1.29, 1.82) is 0 Å². The monoisotopic (exact) mass is 656 g/mol. The SMILES string of the molecule is Cl.Cl.NCC(ON=C(C(=O)NC1C(=O)N2CC(CSc3nncs3)(C(=O)O)CS[C@H]12)c1csc(N)n1)C1CC1. The number of nitrogens with one attached hydrogen (secondary N) is 1. The van der Waals surface area contributed by atoms with Crippen LogP contribution in [0, 0.1) is 11.3 Å². The van der Waals surface area contributed by atoms with Crippen molar-refractivity contribution in [1.82, 2.24) is 25.4 Å². The smallest absolute Gasteiger partial charge is 0.313 e. The Morgan fingerprint density at radius 2 is 2.13 bits per heavy atom. The first kappa shape index (κ1) is 31.6. The largest absolute Gasteiger partial charge is 0.481 e. The number of nitrogens with zero attached hydrogens (tertiary/aromatic N) is 5. The van der Waals surface area contributed by atoms with Crippen molar-refractivity contribution in [3.63, 3.8) is 0 Å². The predicted octanol–water partition coefficient (Wildman–Crippen LogP) is 1.14. The van der Waals surface area contributed by atoms with Crippen molar-refractivity contribution in [2.75, 3.05) is 30.3 Å². The molecule has 5 rings (SSSR count). The fraction of sp³-hybridized carbons (Fsp3) is 0.550. The van der Waals surface area contributed by atoms with E-state index in [1.54, 1.807) is 10.9 Å². The number of aliphatic carboxylic acids is 1. The van der Waals surface area contributed by atoms with E-state index >= 15 is 0 Å². The number of thiazole rings is 1. The molecule has 3 aliphatic rings. The summed E-state index contributed by atoms with van der Waals surface area (Å²) < 4.78 is 0.670. The molecule has 6 N–H and O–H groups in total. The van der Waals surface area contributed by atoms with Crippen LogP contribution in [0.1, 0.15) is 18.5 Å². The van der Waals surface area contributed by atoms with E-state index < -0.39 is 23.3 Å². The molecule has 4 atom stereocenters. The maximum absolute atomic E-state index is 13.2. The molecule has 19 heteroatoms. The van der Waals surface area contributed by atoms with Gasteiger partial charge in [-0.25, -0.2) is 4.98 Å². The Morgan fingerprint density at radius 1 is 1.36 bits per heavy atom. The van der Waals surface area contributed by atoms with E-state index in [2.05, 4.69) is 25.7 Å². The van der Waals surface area contributed by atoms with Gasteiger partial charge in [0.25, 0.3) is 5.91 Å². The number of nitrogen functional groups attached to an aromatic ring is 1. The van der Waals surface area contributed by atoms with Crippen molar-refractivity contribution in [2.45, 2.75) is 34.7 Å². The van der Waals surface area contributed by atoms with Crippen LogP contribution in [0.25, 0.3) is 0 Å². The maximum Gasteiger partial charge on any atom is 0.313 e. The highest BCUT2D eigenvalue weighted by Crippen LogP contribution is 2.44. The molecule has 3 fully saturated rings. The molecule has 2 saturated heterocycles.